The number of benzene rings is 1. The standard InChI is InChI=1S/C14H13N5O/c1-9-5-4-8-16-12(9)19-13(20)10-6-2-3-7-11(10)17-14(19)18-15/h2-8H,15H2,1H3,(H,17,18). The molecule has 6 nitrogen and oxygen atoms in total. The molecule has 0 bridgehead atoms. The summed E-state index contributed by atoms with van der Waals surface area (Å²) in [6.07, 6.45) is 1.63. The van der Waals surface area contributed by atoms with E-state index in [2.05, 4.69) is 15.4 Å². The molecule has 3 aromatic rings. The zero-order chi connectivity index (χ0) is 14.1. The van der Waals surface area contributed by atoms with Gasteiger partial charge >= 0.3 is 0 Å². The molecule has 1 aromatic carbocycles. The van der Waals surface area contributed by atoms with Crippen molar-refractivity contribution in [3.8, 4) is 5.82 Å². The maximum absolute atomic E-state index is 12.6. The van der Waals surface area contributed by atoms with Gasteiger partial charge in [0.2, 0.25) is 5.95 Å². The van der Waals surface area contributed by atoms with Gasteiger partial charge in [0.15, 0.2) is 0 Å². The SMILES string of the molecule is Cc1cccnc1-n1c(NN)nc2ccccc2c1=O. The Kier molecular flexibility index (Phi) is 2.92. The molecule has 0 amide bonds. The molecular weight excluding hydrogens is 254 g/mol. The Morgan fingerprint density at radius 1 is 1.20 bits per heavy atom. The first-order valence-corrected chi connectivity index (χ1v) is 6.13. The van der Waals surface area contributed by atoms with Gasteiger partial charge in [-0.1, -0.05) is 18.2 Å². The van der Waals surface area contributed by atoms with Gasteiger partial charge < -0.3 is 0 Å². The maximum Gasteiger partial charge on any atom is 0.268 e. The lowest BCUT2D eigenvalue weighted by molar-refractivity contribution is 0.906. The summed E-state index contributed by atoms with van der Waals surface area (Å²) in [4.78, 5) is 21.3. The zero-order valence-electron chi connectivity index (χ0n) is 10.9. The number of nitrogens with two attached hydrogens (primary N) is 1. The van der Waals surface area contributed by atoms with Gasteiger partial charge in [-0.15, -0.1) is 0 Å². The average molecular weight is 267 g/mol. The van der Waals surface area contributed by atoms with Gasteiger partial charge in [0.05, 0.1) is 10.9 Å². The quantitative estimate of drug-likeness (QED) is 0.541. The largest absolute Gasteiger partial charge is 0.293 e. The fourth-order valence-corrected chi connectivity index (χ4v) is 2.14. The lowest BCUT2D eigenvalue weighted by Gasteiger charge is -2.13. The van der Waals surface area contributed by atoms with E-state index in [-0.39, 0.29) is 11.5 Å². The molecule has 3 N–H and O–H groups in total. The molecule has 0 fully saturated rings. The summed E-state index contributed by atoms with van der Waals surface area (Å²) in [5.74, 6) is 6.28. The first kappa shape index (κ1) is 12.3. The van der Waals surface area contributed by atoms with Crippen LogP contribution in [0.25, 0.3) is 16.7 Å². The van der Waals surface area contributed by atoms with Gasteiger partial charge in [-0.3, -0.25) is 10.2 Å². The molecule has 0 saturated heterocycles. The van der Waals surface area contributed by atoms with Gasteiger partial charge in [0.1, 0.15) is 5.82 Å². The molecule has 0 atom stereocenters. The second-order valence-electron chi connectivity index (χ2n) is 4.38. The molecule has 0 aliphatic rings. The Hall–Kier alpha value is -2.73. The molecule has 0 radical (unpaired) electrons. The number of anilines is 1. The van der Waals surface area contributed by atoms with Crippen LogP contribution in [0.2, 0.25) is 0 Å². The van der Waals surface area contributed by atoms with E-state index in [0.717, 1.165) is 5.56 Å². The third-order valence-corrected chi connectivity index (χ3v) is 3.10. The number of rotatable bonds is 2. The number of nitrogen functional groups attached to an aromatic ring is 1. The summed E-state index contributed by atoms with van der Waals surface area (Å²) in [6.45, 7) is 1.88. The summed E-state index contributed by atoms with van der Waals surface area (Å²) in [6, 6.07) is 10.8. The van der Waals surface area contributed by atoms with Crippen molar-refractivity contribution in [3.63, 3.8) is 0 Å². The van der Waals surface area contributed by atoms with Crippen LogP contribution < -0.4 is 16.8 Å². The second-order valence-corrected chi connectivity index (χ2v) is 4.38. The van der Waals surface area contributed by atoms with E-state index in [9.17, 15) is 4.79 Å². The fraction of sp³-hybridized carbons (Fsp3) is 0.0714. The molecule has 2 heterocycles. The zero-order valence-corrected chi connectivity index (χ0v) is 10.9. The third-order valence-electron chi connectivity index (χ3n) is 3.10. The van der Waals surface area contributed by atoms with Crippen LogP contribution in [-0.4, -0.2) is 14.5 Å². The lowest BCUT2D eigenvalue weighted by Crippen LogP contribution is -2.27. The highest BCUT2D eigenvalue weighted by atomic mass is 16.1. The number of nitrogens with one attached hydrogen (secondary N) is 1. The topological polar surface area (TPSA) is 85.8 Å². The molecule has 0 aliphatic carbocycles. The van der Waals surface area contributed by atoms with Crippen LogP contribution in [0.15, 0.2) is 47.4 Å². The Bertz CT molecular complexity index is 840. The van der Waals surface area contributed by atoms with Crippen molar-refractivity contribution < 1.29 is 0 Å². The molecule has 20 heavy (non-hydrogen) atoms. The molecule has 6 heteroatoms. The van der Waals surface area contributed by atoms with E-state index in [1.165, 1.54) is 4.57 Å². The van der Waals surface area contributed by atoms with E-state index in [4.69, 9.17) is 5.84 Å². The number of pyridine rings is 1. The van der Waals surface area contributed by atoms with Crippen LogP contribution in [0.1, 0.15) is 5.56 Å². The lowest BCUT2D eigenvalue weighted by atomic mass is 10.2. The highest BCUT2D eigenvalue weighted by Crippen LogP contribution is 2.16. The first-order chi connectivity index (χ1) is 9.72. The minimum absolute atomic E-state index is 0.203. The van der Waals surface area contributed by atoms with E-state index in [0.29, 0.717) is 16.7 Å². The Morgan fingerprint density at radius 2 is 2.00 bits per heavy atom. The smallest absolute Gasteiger partial charge is 0.268 e. The Morgan fingerprint density at radius 3 is 2.75 bits per heavy atom. The van der Waals surface area contributed by atoms with Crippen molar-refractivity contribution in [1.82, 2.24) is 14.5 Å². The van der Waals surface area contributed by atoms with Gasteiger partial charge in [-0.2, -0.15) is 0 Å². The van der Waals surface area contributed by atoms with Crippen molar-refractivity contribution in [2.45, 2.75) is 6.92 Å². The summed E-state index contributed by atoms with van der Waals surface area (Å²) < 4.78 is 1.39. The van der Waals surface area contributed by atoms with E-state index in [1.54, 1.807) is 24.4 Å². The average Bonchev–Trinajstić information content (AvgIpc) is 2.48. The number of aromatic nitrogens is 3. The van der Waals surface area contributed by atoms with Crippen LogP contribution >= 0.6 is 0 Å². The summed E-state index contributed by atoms with van der Waals surface area (Å²) in [5.41, 5.74) is 3.72. The molecule has 0 spiro atoms. The van der Waals surface area contributed by atoms with Crippen molar-refractivity contribution in [2.24, 2.45) is 5.84 Å². The summed E-state index contributed by atoms with van der Waals surface area (Å²) in [7, 11) is 0. The fourth-order valence-electron chi connectivity index (χ4n) is 2.14. The second kappa shape index (κ2) is 4.75. The maximum atomic E-state index is 12.6. The number of hydrogen-bond acceptors (Lipinski definition) is 5. The number of hydrazine groups is 1. The molecule has 100 valence electrons. The van der Waals surface area contributed by atoms with Crippen LogP contribution in [-0.2, 0) is 0 Å². The third kappa shape index (κ3) is 1.83. The van der Waals surface area contributed by atoms with Crippen LogP contribution in [0.5, 0.6) is 0 Å². The van der Waals surface area contributed by atoms with Gasteiger partial charge in [0.25, 0.3) is 5.56 Å². The predicted octanol–water partition coefficient (Wildman–Crippen LogP) is 1.37. The van der Waals surface area contributed by atoms with E-state index < -0.39 is 0 Å². The molecule has 0 saturated carbocycles. The van der Waals surface area contributed by atoms with Crippen molar-refractivity contribution in [2.75, 3.05) is 5.43 Å². The summed E-state index contributed by atoms with van der Waals surface area (Å²) in [5, 5.41) is 0.525. The van der Waals surface area contributed by atoms with Crippen molar-refractivity contribution >= 4 is 16.9 Å². The summed E-state index contributed by atoms with van der Waals surface area (Å²) >= 11 is 0. The van der Waals surface area contributed by atoms with E-state index in [1.807, 2.05) is 25.1 Å². The van der Waals surface area contributed by atoms with Gasteiger partial charge in [-0.25, -0.2) is 20.4 Å². The number of nitrogens with zero attached hydrogens (tertiary/aromatic N) is 3. The molecule has 0 aliphatic heterocycles. The van der Waals surface area contributed by atoms with Crippen molar-refractivity contribution in [1.29, 1.82) is 0 Å². The Balaban J connectivity index is 2.43. The number of para-hydroxylation sites is 1. The van der Waals surface area contributed by atoms with Gasteiger partial charge in [0, 0.05) is 6.20 Å². The molecule has 3 rings (SSSR count). The highest BCUT2D eigenvalue weighted by Gasteiger charge is 2.13. The number of hydrogen-bond donors (Lipinski definition) is 2. The van der Waals surface area contributed by atoms with E-state index >= 15 is 0 Å². The molecular formula is C14H13N5O. The number of aryl methyl sites for hydroxylation is 1. The van der Waals surface area contributed by atoms with Crippen LogP contribution in [0.4, 0.5) is 5.95 Å². The highest BCUT2D eigenvalue weighted by molar-refractivity contribution is 5.79. The molecule has 2 aromatic heterocycles. The minimum Gasteiger partial charge on any atom is -0.293 e. The first-order valence-electron chi connectivity index (χ1n) is 6.13. The predicted molar refractivity (Wildman–Crippen MR) is 77.7 cm³/mol. The Labute approximate surface area is 114 Å². The normalized spacial score (nSPS) is 10.7. The van der Waals surface area contributed by atoms with Crippen molar-refractivity contribution in [3.05, 3.63) is 58.5 Å². The van der Waals surface area contributed by atoms with Gasteiger partial charge in [-0.05, 0) is 30.7 Å². The van der Waals surface area contributed by atoms with Crippen LogP contribution in [0.3, 0.4) is 0 Å². The van der Waals surface area contributed by atoms with Crippen LogP contribution in [0, 0.1) is 6.92 Å². The minimum atomic E-state index is -0.203. The monoisotopic (exact) mass is 267 g/mol. The molecule has 0 unspecified atom stereocenters. The number of fused-ring (bicyclic) bond motifs is 1.